The molecule has 0 saturated carbocycles. The van der Waals surface area contributed by atoms with E-state index in [1.165, 1.54) is 12.1 Å². The number of non-ortho nitro benzene ring substituents is 1. The van der Waals surface area contributed by atoms with E-state index >= 15 is 0 Å². The van der Waals surface area contributed by atoms with Crippen LogP contribution in [0.3, 0.4) is 0 Å². The van der Waals surface area contributed by atoms with Crippen molar-refractivity contribution in [3.05, 3.63) is 80.0 Å². The normalized spacial score (nSPS) is 16.2. The van der Waals surface area contributed by atoms with Crippen LogP contribution in [0.25, 0.3) is 0 Å². The molecule has 0 spiro atoms. The lowest BCUT2D eigenvalue weighted by atomic mass is 9.94. The zero-order valence-corrected chi connectivity index (χ0v) is 16.6. The third kappa shape index (κ3) is 4.13. The van der Waals surface area contributed by atoms with Crippen molar-refractivity contribution < 1.29 is 9.72 Å². The highest BCUT2D eigenvalue weighted by Gasteiger charge is 2.30. The second-order valence-corrected chi connectivity index (χ2v) is 7.15. The van der Waals surface area contributed by atoms with Gasteiger partial charge in [0.1, 0.15) is 0 Å². The Morgan fingerprint density at radius 3 is 2.50 bits per heavy atom. The van der Waals surface area contributed by atoms with Gasteiger partial charge in [0, 0.05) is 28.5 Å². The van der Waals surface area contributed by atoms with Gasteiger partial charge in [0.25, 0.3) is 11.6 Å². The lowest BCUT2D eigenvalue weighted by Crippen LogP contribution is -2.45. The van der Waals surface area contributed by atoms with Crippen molar-refractivity contribution in [3.63, 3.8) is 0 Å². The Morgan fingerprint density at radius 1 is 1.21 bits per heavy atom. The molecule has 1 atom stereocenters. The zero-order chi connectivity index (χ0) is 20.4. The Morgan fingerprint density at radius 2 is 1.89 bits per heavy atom. The SMILES string of the molecule is CC1=C(C(=O)Nc2ccc(C)c(Cl)c2)C(c2ccc([N+](=O)[O-])cc2)NC(=S)N1. The summed E-state index contributed by atoms with van der Waals surface area (Å²) in [5, 5.41) is 20.7. The molecule has 0 radical (unpaired) electrons. The molecule has 3 N–H and O–H groups in total. The Bertz CT molecular complexity index is 1000. The van der Waals surface area contributed by atoms with Crippen molar-refractivity contribution in [2.45, 2.75) is 19.9 Å². The van der Waals surface area contributed by atoms with E-state index in [0.29, 0.717) is 32.7 Å². The van der Waals surface area contributed by atoms with E-state index in [1.54, 1.807) is 31.2 Å². The standard InChI is InChI=1S/C19H17ClN4O3S/c1-10-3-6-13(9-15(10)20)22-18(25)16-11(2)21-19(28)23-17(16)12-4-7-14(8-5-12)24(26)27/h3-9,17H,1-2H3,(H,22,25)(H2,21,23,28). The quantitative estimate of drug-likeness (QED) is 0.396. The maximum absolute atomic E-state index is 13.0. The first kappa shape index (κ1) is 19.8. The molecule has 2 aromatic carbocycles. The van der Waals surface area contributed by atoms with Crippen molar-refractivity contribution >= 4 is 46.2 Å². The fourth-order valence-corrected chi connectivity index (χ4v) is 3.35. The smallest absolute Gasteiger partial charge is 0.269 e. The second kappa shape index (κ2) is 7.95. The van der Waals surface area contributed by atoms with Crippen molar-refractivity contribution in [2.24, 2.45) is 0 Å². The Labute approximate surface area is 171 Å². The van der Waals surface area contributed by atoms with E-state index in [9.17, 15) is 14.9 Å². The van der Waals surface area contributed by atoms with Crippen molar-refractivity contribution in [1.29, 1.82) is 0 Å². The Kier molecular flexibility index (Phi) is 5.62. The number of halogens is 1. The summed E-state index contributed by atoms with van der Waals surface area (Å²) in [5.41, 5.74) is 3.16. The number of aryl methyl sites for hydroxylation is 1. The summed E-state index contributed by atoms with van der Waals surface area (Å²) in [6, 6.07) is 10.7. The molecular formula is C19H17ClN4O3S. The summed E-state index contributed by atoms with van der Waals surface area (Å²) in [5.74, 6) is -0.330. The molecule has 28 heavy (non-hydrogen) atoms. The van der Waals surface area contributed by atoms with Crippen LogP contribution < -0.4 is 16.0 Å². The second-order valence-electron chi connectivity index (χ2n) is 6.34. The minimum absolute atomic E-state index is 0.0266. The predicted octanol–water partition coefficient (Wildman–Crippen LogP) is 3.99. The van der Waals surface area contributed by atoms with E-state index in [1.807, 2.05) is 13.0 Å². The highest BCUT2D eigenvalue weighted by molar-refractivity contribution is 7.80. The number of hydrogen-bond donors (Lipinski definition) is 3. The van der Waals surface area contributed by atoms with Gasteiger partial charge < -0.3 is 16.0 Å². The van der Waals surface area contributed by atoms with E-state index in [4.69, 9.17) is 23.8 Å². The number of nitrogens with one attached hydrogen (secondary N) is 3. The average molecular weight is 417 g/mol. The molecule has 1 unspecified atom stereocenters. The maximum atomic E-state index is 13.0. The molecule has 1 amide bonds. The molecule has 9 heteroatoms. The van der Waals surface area contributed by atoms with E-state index in [2.05, 4.69) is 16.0 Å². The summed E-state index contributed by atoms with van der Waals surface area (Å²) in [7, 11) is 0. The summed E-state index contributed by atoms with van der Waals surface area (Å²) in [6.07, 6.45) is 0. The zero-order valence-electron chi connectivity index (χ0n) is 15.1. The number of hydrogen-bond acceptors (Lipinski definition) is 4. The number of nitro benzene ring substituents is 1. The van der Waals surface area contributed by atoms with E-state index in [0.717, 1.165) is 5.56 Å². The number of allylic oxidation sites excluding steroid dienone is 1. The summed E-state index contributed by atoms with van der Waals surface area (Å²) in [6.45, 7) is 3.63. The summed E-state index contributed by atoms with van der Waals surface area (Å²) in [4.78, 5) is 23.4. The summed E-state index contributed by atoms with van der Waals surface area (Å²) < 4.78 is 0. The molecule has 0 fully saturated rings. The van der Waals surface area contributed by atoms with Crippen LogP contribution in [0.2, 0.25) is 5.02 Å². The Balaban J connectivity index is 1.93. The molecule has 144 valence electrons. The molecule has 1 aliphatic heterocycles. The lowest BCUT2D eigenvalue weighted by Gasteiger charge is -2.30. The Hall–Kier alpha value is -2.97. The number of nitro groups is 1. The number of thiocarbonyl (C=S) groups is 1. The van der Waals surface area contributed by atoms with E-state index < -0.39 is 11.0 Å². The number of rotatable bonds is 4. The minimum Gasteiger partial charge on any atom is -0.351 e. The van der Waals surface area contributed by atoms with Crippen molar-refractivity contribution in [3.8, 4) is 0 Å². The molecule has 0 aliphatic carbocycles. The fourth-order valence-electron chi connectivity index (χ4n) is 2.90. The van der Waals surface area contributed by atoms with Crippen LogP contribution in [0.15, 0.2) is 53.7 Å². The van der Waals surface area contributed by atoms with Crippen LogP contribution in [0.1, 0.15) is 24.1 Å². The average Bonchev–Trinajstić information content (AvgIpc) is 2.64. The number of carbonyl (C=O) groups is 1. The highest BCUT2D eigenvalue weighted by atomic mass is 35.5. The van der Waals surface area contributed by atoms with Gasteiger partial charge in [0.2, 0.25) is 0 Å². The molecule has 1 aliphatic rings. The lowest BCUT2D eigenvalue weighted by molar-refractivity contribution is -0.384. The van der Waals surface area contributed by atoms with Gasteiger partial charge in [-0.05, 0) is 61.5 Å². The predicted molar refractivity (Wildman–Crippen MR) is 112 cm³/mol. The van der Waals surface area contributed by atoms with Gasteiger partial charge in [-0.15, -0.1) is 0 Å². The number of carbonyl (C=O) groups excluding carboxylic acids is 1. The number of amides is 1. The van der Waals surface area contributed by atoms with Crippen LogP contribution in [0.5, 0.6) is 0 Å². The van der Waals surface area contributed by atoms with Crippen LogP contribution >= 0.6 is 23.8 Å². The first-order valence-electron chi connectivity index (χ1n) is 8.36. The third-order valence-electron chi connectivity index (χ3n) is 4.38. The van der Waals surface area contributed by atoms with Crippen molar-refractivity contribution in [2.75, 3.05) is 5.32 Å². The maximum Gasteiger partial charge on any atom is 0.269 e. The molecule has 3 rings (SSSR count). The molecule has 0 saturated heterocycles. The van der Waals surface area contributed by atoms with Crippen LogP contribution in [-0.2, 0) is 4.79 Å². The van der Waals surface area contributed by atoms with Crippen LogP contribution in [0.4, 0.5) is 11.4 Å². The van der Waals surface area contributed by atoms with Gasteiger partial charge in [-0.1, -0.05) is 17.7 Å². The van der Waals surface area contributed by atoms with E-state index in [-0.39, 0.29) is 11.6 Å². The first-order valence-corrected chi connectivity index (χ1v) is 9.15. The van der Waals surface area contributed by atoms with Crippen LogP contribution in [-0.4, -0.2) is 15.9 Å². The van der Waals surface area contributed by atoms with Crippen LogP contribution in [0, 0.1) is 17.0 Å². The molecular weight excluding hydrogens is 400 g/mol. The van der Waals surface area contributed by atoms with Gasteiger partial charge in [0.05, 0.1) is 16.5 Å². The molecule has 0 bridgehead atoms. The topological polar surface area (TPSA) is 96.3 Å². The van der Waals surface area contributed by atoms with Gasteiger partial charge in [-0.25, -0.2) is 0 Å². The number of nitrogens with zero attached hydrogens (tertiary/aromatic N) is 1. The fraction of sp³-hybridized carbons (Fsp3) is 0.158. The monoisotopic (exact) mass is 416 g/mol. The molecule has 1 heterocycles. The largest absolute Gasteiger partial charge is 0.351 e. The molecule has 7 nitrogen and oxygen atoms in total. The summed E-state index contributed by atoms with van der Waals surface area (Å²) >= 11 is 11.3. The number of benzene rings is 2. The highest BCUT2D eigenvalue weighted by Crippen LogP contribution is 2.29. The van der Waals surface area contributed by atoms with Gasteiger partial charge >= 0.3 is 0 Å². The van der Waals surface area contributed by atoms with Gasteiger partial charge in [0.15, 0.2) is 5.11 Å². The van der Waals surface area contributed by atoms with Crippen molar-refractivity contribution in [1.82, 2.24) is 10.6 Å². The number of anilines is 1. The minimum atomic E-state index is -0.546. The molecule has 2 aromatic rings. The third-order valence-corrected chi connectivity index (χ3v) is 5.01. The van der Waals surface area contributed by atoms with Gasteiger partial charge in [-0.2, -0.15) is 0 Å². The molecule has 0 aromatic heterocycles. The van der Waals surface area contributed by atoms with Gasteiger partial charge in [-0.3, -0.25) is 14.9 Å². The first-order chi connectivity index (χ1) is 13.3.